The Hall–Kier alpha value is -1.82. The summed E-state index contributed by atoms with van der Waals surface area (Å²) >= 11 is 12.2. The van der Waals surface area contributed by atoms with E-state index in [-0.39, 0.29) is 15.7 Å². The highest BCUT2D eigenvalue weighted by Gasteiger charge is 2.21. The topological polar surface area (TPSA) is 56.3 Å². The van der Waals surface area contributed by atoms with Gasteiger partial charge < -0.3 is 4.18 Å². The summed E-state index contributed by atoms with van der Waals surface area (Å²) in [7, 11) is -4.02. The monoisotopic (exact) mass is 367 g/mol. The summed E-state index contributed by atoms with van der Waals surface area (Å²) in [6, 6.07) is 11.2. The number of benzene rings is 2. The van der Waals surface area contributed by atoms with Gasteiger partial charge in [-0.3, -0.25) is 4.98 Å². The molecule has 4 nitrogen and oxygen atoms in total. The molecule has 0 bridgehead atoms. The summed E-state index contributed by atoms with van der Waals surface area (Å²) in [6.07, 6.45) is 1.51. The molecule has 0 N–H and O–H groups in total. The van der Waals surface area contributed by atoms with Crippen molar-refractivity contribution in [3.05, 3.63) is 64.3 Å². The van der Waals surface area contributed by atoms with Crippen LogP contribution in [-0.4, -0.2) is 13.4 Å². The summed E-state index contributed by atoms with van der Waals surface area (Å²) in [5.41, 5.74) is 1.24. The van der Waals surface area contributed by atoms with Crippen molar-refractivity contribution in [2.75, 3.05) is 0 Å². The molecule has 0 spiro atoms. The van der Waals surface area contributed by atoms with Crippen LogP contribution >= 0.6 is 23.2 Å². The van der Waals surface area contributed by atoms with E-state index < -0.39 is 10.1 Å². The van der Waals surface area contributed by atoms with Crippen LogP contribution in [0.2, 0.25) is 10.0 Å². The van der Waals surface area contributed by atoms with Crippen molar-refractivity contribution in [1.82, 2.24) is 4.98 Å². The second kappa shape index (κ2) is 6.00. The molecule has 23 heavy (non-hydrogen) atoms. The summed E-state index contributed by atoms with van der Waals surface area (Å²) in [5, 5.41) is 1.02. The molecule has 1 heterocycles. The minimum Gasteiger partial charge on any atom is -0.375 e. The number of hydrogen-bond acceptors (Lipinski definition) is 4. The molecule has 0 amide bonds. The Kier molecular flexibility index (Phi) is 4.19. The van der Waals surface area contributed by atoms with E-state index in [2.05, 4.69) is 4.98 Å². The summed E-state index contributed by atoms with van der Waals surface area (Å²) in [6.45, 7) is 1.87. The first-order chi connectivity index (χ1) is 10.9. The lowest BCUT2D eigenvalue weighted by atomic mass is 10.2. The van der Waals surface area contributed by atoms with Crippen molar-refractivity contribution in [1.29, 1.82) is 0 Å². The highest BCUT2D eigenvalue weighted by Crippen LogP contribution is 2.38. The summed E-state index contributed by atoms with van der Waals surface area (Å²) in [4.78, 5) is 4.18. The van der Waals surface area contributed by atoms with Gasteiger partial charge >= 0.3 is 10.1 Å². The number of pyridine rings is 1. The van der Waals surface area contributed by atoms with E-state index in [0.29, 0.717) is 15.9 Å². The van der Waals surface area contributed by atoms with Crippen molar-refractivity contribution in [3.63, 3.8) is 0 Å². The molecule has 0 atom stereocenters. The number of aromatic nitrogens is 1. The van der Waals surface area contributed by atoms with Crippen LogP contribution in [0.3, 0.4) is 0 Å². The molecule has 0 saturated heterocycles. The number of hydrogen-bond donors (Lipinski definition) is 0. The van der Waals surface area contributed by atoms with Gasteiger partial charge in [-0.2, -0.15) is 8.42 Å². The van der Waals surface area contributed by atoms with Crippen LogP contribution in [0, 0.1) is 6.92 Å². The van der Waals surface area contributed by atoms with Crippen molar-refractivity contribution >= 4 is 44.2 Å². The van der Waals surface area contributed by atoms with Crippen molar-refractivity contribution in [3.8, 4) is 5.75 Å². The van der Waals surface area contributed by atoms with Gasteiger partial charge in [0, 0.05) is 11.6 Å². The second-order valence-corrected chi connectivity index (χ2v) is 7.28. The van der Waals surface area contributed by atoms with E-state index in [1.54, 1.807) is 24.3 Å². The van der Waals surface area contributed by atoms with Crippen molar-refractivity contribution in [2.24, 2.45) is 0 Å². The number of halogens is 2. The first-order valence-corrected chi connectivity index (χ1v) is 8.79. The largest absolute Gasteiger partial charge is 0.375 e. The van der Waals surface area contributed by atoms with E-state index in [4.69, 9.17) is 27.4 Å². The maximum atomic E-state index is 12.5. The minimum absolute atomic E-state index is 0.0350. The van der Waals surface area contributed by atoms with Crippen LogP contribution < -0.4 is 4.18 Å². The predicted molar refractivity (Wildman–Crippen MR) is 90.8 cm³/mol. The van der Waals surface area contributed by atoms with Gasteiger partial charge in [0.05, 0.1) is 10.0 Å². The molecule has 0 fully saturated rings. The molecule has 0 radical (unpaired) electrons. The molecular weight excluding hydrogens is 357 g/mol. The Labute approximate surface area is 143 Å². The average molecular weight is 368 g/mol. The molecule has 0 aliphatic rings. The van der Waals surface area contributed by atoms with E-state index in [0.717, 1.165) is 5.56 Å². The molecule has 3 aromatic rings. The van der Waals surface area contributed by atoms with E-state index in [1.165, 1.54) is 24.4 Å². The first-order valence-electron chi connectivity index (χ1n) is 6.62. The van der Waals surface area contributed by atoms with Gasteiger partial charge in [-0.15, -0.1) is 0 Å². The van der Waals surface area contributed by atoms with Crippen LogP contribution in [-0.2, 0) is 10.1 Å². The standard InChI is InChI=1S/C16H11Cl2NO3S/c1-10-4-6-11(7-5-10)23(20,21)22-16-14(18)9-13(17)12-3-2-8-19-15(12)16/h2-9H,1H3. The maximum absolute atomic E-state index is 12.5. The van der Waals surface area contributed by atoms with E-state index >= 15 is 0 Å². The molecule has 0 unspecified atom stereocenters. The molecule has 0 aliphatic carbocycles. The fourth-order valence-electron chi connectivity index (χ4n) is 2.09. The molecule has 7 heteroatoms. The van der Waals surface area contributed by atoms with Gasteiger partial charge in [0.15, 0.2) is 5.75 Å². The van der Waals surface area contributed by atoms with Gasteiger partial charge in [0.2, 0.25) is 0 Å². The van der Waals surface area contributed by atoms with Crippen molar-refractivity contribution < 1.29 is 12.6 Å². The fraction of sp³-hybridized carbons (Fsp3) is 0.0625. The normalized spacial score (nSPS) is 11.6. The highest BCUT2D eigenvalue weighted by molar-refractivity contribution is 7.87. The first kappa shape index (κ1) is 16.1. The van der Waals surface area contributed by atoms with Crippen LogP contribution in [0.25, 0.3) is 10.9 Å². The van der Waals surface area contributed by atoms with Crippen LogP contribution in [0.4, 0.5) is 0 Å². The van der Waals surface area contributed by atoms with Crippen LogP contribution in [0.5, 0.6) is 5.75 Å². The predicted octanol–water partition coefficient (Wildman–Crippen LogP) is 4.62. The fourth-order valence-corrected chi connectivity index (χ4v) is 3.64. The molecule has 1 aromatic heterocycles. The SMILES string of the molecule is Cc1ccc(S(=O)(=O)Oc2c(Cl)cc(Cl)c3cccnc23)cc1. The number of nitrogens with zero attached hydrogens (tertiary/aromatic N) is 1. The third kappa shape index (κ3) is 3.13. The van der Waals surface area contributed by atoms with Crippen LogP contribution in [0.15, 0.2) is 53.6 Å². The van der Waals surface area contributed by atoms with Gasteiger partial charge in [-0.1, -0.05) is 40.9 Å². The Balaban J connectivity index is 2.13. The molecule has 0 aliphatic heterocycles. The number of rotatable bonds is 3. The minimum atomic E-state index is -4.02. The van der Waals surface area contributed by atoms with Gasteiger partial charge in [0.1, 0.15) is 10.4 Å². The Morgan fingerprint density at radius 3 is 2.43 bits per heavy atom. The van der Waals surface area contributed by atoms with Gasteiger partial charge in [0.25, 0.3) is 0 Å². The summed E-state index contributed by atoms with van der Waals surface area (Å²) in [5.74, 6) is -0.0350. The maximum Gasteiger partial charge on any atom is 0.339 e. The number of aryl methyl sites for hydroxylation is 1. The third-order valence-electron chi connectivity index (χ3n) is 3.25. The smallest absolute Gasteiger partial charge is 0.339 e. The summed E-state index contributed by atoms with van der Waals surface area (Å²) < 4.78 is 30.2. The zero-order valence-corrected chi connectivity index (χ0v) is 14.3. The number of fused-ring (bicyclic) bond motifs is 1. The average Bonchev–Trinajstić information content (AvgIpc) is 2.52. The molecule has 118 valence electrons. The molecular formula is C16H11Cl2NO3S. The molecule has 2 aromatic carbocycles. The lowest BCUT2D eigenvalue weighted by Crippen LogP contribution is -2.10. The highest BCUT2D eigenvalue weighted by atomic mass is 35.5. The van der Waals surface area contributed by atoms with Gasteiger partial charge in [-0.25, -0.2) is 0 Å². The third-order valence-corrected chi connectivity index (χ3v) is 5.08. The van der Waals surface area contributed by atoms with Crippen molar-refractivity contribution in [2.45, 2.75) is 11.8 Å². The zero-order chi connectivity index (χ0) is 16.6. The Morgan fingerprint density at radius 2 is 1.74 bits per heavy atom. The Bertz CT molecular complexity index is 986. The quantitative estimate of drug-likeness (QED) is 0.633. The Morgan fingerprint density at radius 1 is 1.04 bits per heavy atom. The van der Waals surface area contributed by atoms with Gasteiger partial charge in [-0.05, 0) is 37.3 Å². The lowest BCUT2D eigenvalue weighted by molar-refractivity contribution is 0.488. The van der Waals surface area contributed by atoms with E-state index in [9.17, 15) is 8.42 Å². The molecule has 0 saturated carbocycles. The zero-order valence-electron chi connectivity index (χ0n) is 12.0. The van der Waals surface area contributed by atoms with Crippen LogP contribution in [0.1, 0.15) is 5.56 Å². The van der Waals surface area contributed by atoms with E-state index in [1.807, 2.05) is 6.92 Å². The lowest BCUT2D eigenvalue weighted by Gasteiger charge is -2.11. The second-order valence-electron chi connectivity index (χ2n) is 4.92. The molecule has 3 rings (SSSR count).